The van der Waals surface area contributed by atoms with Crippen molar-refractivity contribution >= 4 is 16.6 Å². The van der Waals surface area contributed by atoms with Crippen LogP contribution in [0.25, 0.3) is 10.8 Å². The van der Waals surface area contributed by atoms with Crippen molar-refractivity contribution in [1.82, 2.24) is 9.88 Å². The lowest BCUT2D eigenvalue weighted by Crippen LogP contribution is -2.47. The van der Waals surface area contributed by atoms with Gasteiger partial charge in [0.2, 0.25) is 0 Å². The molecular weight excluding hydrogens is 380 g/mol. The minimum absolute atomic E-state index is 0.286. The van der Waals surface area contributed by atoms with Gasteiger partial charge in [0.25, 0.3) is 0 Å². The molecule has 1 unspecified atom stereocenters. The summed E-state index contributed by atoms with van der Waals surface area (Å²) in [5.74, 6) is 1.39. The molecule has 4 rings (SSSR count). The number of pyridine rings is 1. The minimum atomic E-state index is -0.407. The molecule has 31 heavy (non-hydrogen) atoms. The largest absolute Gasteiger partial charge is 0.354 e. The lowest BCUT2D eigenvalue weighted by Gasteiger charge is -2.37. The fraction of sp³-hybridized carbons (Fsp3) is 0.407. The maximum absolute atomic E-state index is 10.1. The topological polar surface area (TPSA) is 43.2 Å². The average Bonchev–Trinajstić information content (AvgIpc) is 2.82. The Hall–Kier alpha value is -2.90. The molecule has 1 aliphatic heterocycles. The maximum Gasteiger partial charge on any atom is 0.136 e. The van der Waals surface area contributed by atoms with Crippen LogP contribution in [0.2, 0.25) is 0 Å². The van der Waals surface area contributed by atoms with E-state index in [-0.39, 0.29) is 5.92 Å². The van der Waals surface area contributed by atoms with Crippen LogP contribution >= 0.6 is 0 Å². The molecule has 0 saturated carbocycles. The first kappa shape index (κ1) is 21.3. The van der Waals surface area contributed by atoms with Crippen LogP contribution in [0.1, 0.15) is 32.3 Å². The zero-order chi connectivity index (χ0) is 21.7. The summed E-state index contributed by atoms with van der Waals surface area (Å²) in [5.41, 5.74) is 0.745. The van der Waals surface area contributed by atoms with E-state index in [1.807, 2.05) is 24.4 Å². The van der Waals surface area contributed by atoms with E-state index >= 15 is 0 Å². The van der Waals surface area contributed by atoms with Crippen LogP contribution in [-0.4, -0.2) is 42.6 Å². The second-order valence-electron chi connectivity index (χ2n) is 8.89. The summed E-state index contributed by atoms with van der Waals surface area (Å²) < 4.78 is 0. The number of nitriles is 1. The van der Waals surface area contributed by atoms with E-state index in [9.17, 15) is 5.26 Å². The third kappa shape index (κ3) is 4.43. The van der Waals surface area contributed by atoms with Crippen molar-refractivity contribution in [2.75, 3.05) is 37.6 Å². The van der Waals surface area contributed by atoms with E-state index in [1.165, 1.54) is 10.8 Å². The number of aromatic nitrogens is 1. The van der Waals surface area contributed by atoms with Crippen molar-refractivity contribution in [1.29, 1.82) is 5.26 Å². The van der Waals surface area contributed by atoms with Gasteiger partial charge in [-0.15, -0.1) is 0 Å². The SMILES string of the molecule is CC(C)C(C#N)(CCCN1CCN(c2nccc3ccccc23)CC1)c1ccccc1. The molecule has 1 saturated heterocycles. The van der Waals surface area contributed by atoms with Gasteiger partial charge in [-0.25, -0.2) is 4.98 Å². The zero-order valence-electron chi connectivity index (χ0n) is 18.7. The first-order valence-corrected chi connectivity index (χ1v) is 11.4. The van der Waals surface area contributed by atoms with Crippen molar-refractivity contribution in [3.63, 3.8) is 0 Å². The van der Waals surface area contributed by atoms with E-state index in [1.54, 1.807) is 0 Å². The van der Waals surface area contributed by atoms with E-state index in [2.05, 4.69) is 77.2 Å². The first-order valence-electron chi connectivity index (χ1n) is 11.4. The van der Waals surface area contributed by atoms with E-state index in [0.717, 1.165) is 56.9 Å². The van der Waals surface area contributed by atoms with Crippen LogP contribution in [0, 0.1) is 17.2 Å². The van der Waals surface area contributed by atoms with E-state index < -0.39 is 5.41 Å². The second kappa shape index (κ2) is 9.49. The van der Waals surface area contributed by atoms with Gasteiger partial charge in [-0.05, 0) is 42.3 Å². The molecule has 0 radical (unpaired) electrons. The van der Waals surface area contributed by atoms with E-state index in [0.29, 0.717) is 0 Å². The maximum atomic E-state index is 10.1. The highest BCUT2D eigenvalue weighted by Crippen LogP contribution is 2.36. The molecule has 1 aromatic heterocycles. The lowest BCUT2D eigenvalue weighted by molar-refractivity contribution is 0.239. The third-order valence-corrected chi connectivity index (χ3v) is 6.84. The van der Waals surface area contributed by atoms with Crippen LogP contribution < -0.4 is 4.90 Å². The molecule has 1 atom stereocenters. The monoisotopic (exact) mass is 412 g/mol. The summed E-state index contributed by atoms with van der Waals surface area (Å²) in [4.78, 5) is 9.64. The molecule has 2 aromatic carbocycles. The molecule has 1 aliphatic rings. The molecule has 160 valence electrons. The smallest absolute Gasteiger partial charge is 0.136 e. The number of hydrogen-bond donors (Lipinski definition) is 0. The number of benzene rings is 2. The van der Waals surface area contributed by atoms with Crippen LogP contribution in [0.4, 0.5) is 5.82 Å². The molecule has 3 aromatic rings. The molecule has 4 heteroatoms. The normalized spacial score (nSPS) is 16.9. The Morgan fingerprint density at radius 3 is 2.39 bits per heavy atom. The summed E-state index contributed by atoms with van der Waals surface area (Å²) in [5, 5.41) is 12.6. The fourth-order valence-corrected chi connectivity index (χ4v) is 4.87. The van der Waals surface area contributed by atoms with Gasteiger partial charge in [-0.3, -0.25) is 4.90 Å². The Balaban J connectivity index is 1.35. The van der Waals surface area contributed by atoms with Gasteiger partial charge in [-0.1, -0.05) is 68.4 Å². The number of piperazine rings is 1. The Morgan fingerprint density at radius 2 is 1.68 bits per heavy atom. The number of rotatable bonds is 7. The highest BCUT2D eigenvalue weighted by molar-refractivity contribution is 5.92. The van der Waals surface area contributed by atoms with Crippen molar-refractivity contribution < 1.29 is 0 Å². The second-order valence-corrected chi connectivity index (χ2v) is 8.89. The van der Waals surface area contributed by atoms with Crippen molar-refractivity contribution in [3.8, 4) is 6.07 Å². The zero-order valence-corrected chi connectivity index (χ0v) is 18.7. The van der Waals surface area contributed by atoms with Gasteiger partial charge < -0.3 is 4.90 Å². The molecule has 0 spiro atoms. The van der Waals surface area contributed by atoms with E-state index in [4.69, 9.17) is 0 Å². The van der Waals surface area contributed by atoms with Crippen LogP contribution in [0.15, 0.2) is 66.9 Å². The molecular formula is C27H32N4. The molecule has 0 bridgehead atoms. The summed E-state index contributed by atoms with van der Waals surface area (Å²) in [6, 6.07) is 23.6. The summed E-state index contributed by atoms with van der Waals surface area (Å²) in [7, 11) is 0. The number of anilines is 1. The Kier molecular flexibility index (Phi) is 6.53. The molecule has 0 N–H and O–H groups in total. The average molecular weight is 413 g/mol. The first-order chi connectivity index (χ1) is 15.1. The van der Waals surface area contributed by atoms with Crippen LogP contribution in [0.5, 0.6) is 0 Å². The van der Waals surface area contributed by atoms with Gasteiger partial charge >= 0.3 is 0 Å². The summed E-state index contributed by atoms with van der Waals surface area (Å²) in [6.45, 7) is 9.45. The summed E-state index contributed by atoms with van der Waals surface area (Å²) in [6.07, 6.45) is 3.85. The quantitative estimate of drug-likeness (QED) is 0.531. The molecule has 2 heterocycles. The molecule has 4 nitrogen and oxygen atoms in total. The van der Waals surface area contributed by atoms with Gasteiger partial charge in [0.15, 0.2) is 0 Å². The predicted molar refractivity (Wildman–Crippen MR) is 128 cm³/mol. The highest BCUT2D eigenvalue weighted by Gasteiger charge is 2.35. The van der Waals surface area contributed by atoms with Gasteiger partial charge in [0, 0.05) is 37.8 Å². The van der Waals surface area contributed by atoms with Gasteiger partial charge in [0.05, 0.1) is 11.5 Å². The van der Waals surface area contributed by atoms with Crippen molar-refractivity contribution in [2.24, 2.45) is 5.92 Å². The van der Waals surface area contributed by atoms with Gasteiger partial charge in [0.1, 0.15) is 5.82 Å². The molecule has 1 fully saturated rings. The van der Waals surface area contributed by atoms with Crippen LogP contribution in [0.3, 0.4) is 0 Å². The minimum Gasteiger partial charge on any atom is -0.354 e. The number of fused-ring (bicyclic) bond motifs is 1. The molecule has 0 aliphatic carbocycles. The van der Waals surface area contributed by atoms with Crippen molar-refractivity contribution in [3.05, 3.63) is 72.4 Å². The highest BCUT2D eigenvalue weighted by atomic mass is 15.3. The Labute approximate surface area is 186 Å². The third-order valence-electron chi connectivity index (χ3n) is 6.84. The molecule has 0 amide bonds. The number of hydrogen-bond acceptors (Lipinski definition) is 4. The summed E-state index contributed by atoms with van der Waals surface area (Å²) >= 11 is 0. The Bertz CT molecular complexity index is 1030. The Morgan fingerprint density at radius 1 is 0.968 bits per heavy atom. The lowest BCUT2D eigenvalue weighted by atomic mass is 9.70. The predicted octanol–water partition coefficient (Wildman–Crippen LogP) is 5.25. The van der Waals surface area contributed by atoms with Gasteiger partial charge in [-0.2, -0.15) is 5.26 Å². The fourth-order valence-electron chi connectivity index (χ4n) is 4.87. The van der Waals surface area contributed by atoms with Crippen LogP contribution in [-0.2, 0) is 5.41 Å². The number of nitrogens with zero attached hydrogens (tertiary/aromatic N) is 4. The standard InChI is InChI=1S/C27H32N4/c1-22(2)27(21-28,24-10-4-3-5-11-24)14-8-16-30-17-19-31(20-18-30)26-25-12-7-6-9-23(25)13-15-29-26/h3-7,9-13,15,22H,8,14,16-20H2,1-2H3. The van der Waals surface area contributed by atoms with Crippen molar-refractivity contribution in [2.45, 2.75) is 32.1 Å².